The van der Waals surface area contributed by atoms with Crippen LogP contribution in [0.15, 0.2) is 48.7 Å². The number of fused-ring (bicyclic) bond motifs is 1. The van der Waals surface area contributed by atoms with E-state index < -0.39 is 0 Å². The van der Waals surface area contributed by atoms with Gasteiger partial charge in [-0.05, 0) is 30.0 Å². The van der Waals surface area contributed by atoms with Gasteiger partial charge in [0.05, 0.1) is 5.52 Å². The summed E-state index contributed by atoms with van der Waals surface area (Å²) in [4.78, 5) is 3.12. The molecule has 0 aliphatic carbocycles. The quantitative estimate of drug-likeness (QED) is 0.649. The Morgan fingerprint density at radius 2 is 1.73 bits per heavy atom. The highest BCUT2D eigenvalue weighted by molar-refractivity contribution is 5.85. The van der Waals surface area contributed by atoms with Crippen molar-refractivity contribution in [2.75, 3.05) is 0 Å². The fourth-order valence-electron chi connectivity index (χ4n) is 3.25. The maximum absolute atomic E-state index is 14.0. The highest BCUT2D eigenvalue weighted by atomic mass is 19.1. The number of benzene rings is 2. The molecule has 1 aromatic heterocycles. The predicted molar refractivity (Wildman–Crippen MR) is 90.7 cm³/mol. The van der Waals surface area contributed by atoms with Gasteiger partial charge in [-0.1, -0.05) is 62.7 Å². The fraction of sp³-hybridized carbons (Fsp3) is 0.300. The van der Waals surface area contributed by atoms with Crippen LogP contribution in [0.1, 0.15) is 37.5 Å². The third-order valence-electron chi connectivity index (χ3n) is 5.03. The van der Waals surface area contributed by atoms with E-state index in [1.807, 2.05) is 12.3 Å². The Balaban J connectivity index is 2.26. The molecule has 114 valence electrons. The van der Waals surface area contributed by atoms with Gasteiger partial charge in [0.1, 0.15) is 5.82 Å². The summed E-state index contributed by atoms with van der Waals surface area (Å²) >= 11 is 0. The molecule has 0 aliphatic rings. The Morgan fingerprint density at radius 3 is 2.36 bits per heavy atom. The van der Waals surface area contributed by atoms with E-state index in [1.165, 1.54) is 17.2 Å². The maximum atomic E-state index is 14.0. The van der Waals surface area contributed by atoms with Crippen LogP contribution in [0.25, 0.3) is 10.9 Å². The summed E-state index contributed by atoms with van der Waals surface area (Å²) in [5.74, 6) is 0.191. The second-order valence-corrected chi connectivity index (χ2v) is 6.59. The van der Waals surface area contributed by atoms with Gasteiger partial charge in [-0.3, -0.25) is 0 Å². The normalized spacial score (nSPS) is 14.5. The van der Waals surface area contributed by atoms with Crippen LogP contribution in [0.4, 0.5) is 4.39 Å². The first-order chi connectivity index (χ1) is 10.4. The van der Waals surface area contributed by atoms with Crippen LogP contribution in [0, 0.1) is 18.7 Å². The second kappa shape index (κ2) is 5.28. The minimum absolute atomic E-state index is 0.167. The van der Waals surface area contributed by atoms with Crippen LogP contribution in [0.5, 0.6) is 0 Å². The number of aromatic amines is 1. The molecule has 1 atom stereocenters. The Labute approximate surface area is 131 Å². The number of hydrogen-bond acceptors (Lipinski definition) is 0. The highest BCUT2D eigenvalue weighted by Crippen LogP contribution is 2.42. The topological polar surface area (TPSA) is 15.8 Å². The van der Waals surface area contributed by atoms with E-state index in [4.69, 9.17) is 0 Å². The summed E-state index contributed by atoms with van der Waals surface area (Å²) in [6.45, 7) is 8.78. The van der Waals surface area contributed by atoms with Crippen LogP contribution in [0.2, 0.25) is 0 Å². The Hall–Kier alpha value is -2.09. The van der Waals surface area contributed by atoms with Crippen LogP contribution in [-0.2, 0) is 5.41 Å². The molecule has 0 saturated heterocycles. The molecule has 3 rings (SSSR count). The van der Waals surface area contributed by atoms with Crippen molar-refractivity contribution in [2.24, 2.45) is 5.92 Å². The van der Waals surface area contributed by atoms with E-state index in [1.54, 1.807) is 6.07 Å². The van der Waals surface area contributed by atoms with E-state index >= 15 is 0 Å². The molecule has 1 heterocycles. The van der Waals surface area contributed by atoms with Crippen molar-refractivity contribution in [1.29, 1.82) is 0 Å². The van der Waals surface area contributed by atoms with Crippen molar-refractivity contribution in [1.82, 2.24) is 4.98 Å². The van der Waals surface area contributed by atoms with Crippen molar-refractivity contribution in [2.45, 2.75) is 33.1 Å². The number of halogens is 1. The molecule has 1 N–H and O–H groups in total. The molecule has 0 saturated carbocycles. The molecule has 22 heavy (non-hydrogen) atoms. The number of aromatic nitrogens is 1. The van der Waals surface area contributed by atoms with Crippen LogP contribution >= 0.6 is 0 Å². The third-order valence-corrected chi connectivity index (χ3v) is 5.03. The number of nitrogens with one attached hydrogen (secondary N) is 1. The summed E-state index contributed by atoms with van der Waals surface area (Å²) in [7, 11) is 0. The van der Waals surface area contributed by atoms with Crippen molar-refractivity contribution >= 4 is 10.9 Å². The molecule has 0 amide bonds. The smallest absolute Gasteiger partial charge is 0.147 e. The number of rotatable bonds is 3. The van der Waals surface area contributed by atoms with Gasteiger partial charge in [0.15, 0.2) is 0 Å². The Bertz CT molecular complexity index is 798. The van der Waals surface area contributed by atoms with Crippen molar-refractivity contribution in [3.63, 3.8) is 0 Å². The first-order valence-corrected chi connectivity index (χ1v) is 7.78. The lowest BCUT2D eigenvalue weighted by Gasteiger charge is -2.35. The minimum Gasteiger partial charge on any atom is -0.358 e. The first-order valence-electron chi connectivity index (χ1n) is 7.78. The van der Waals surface area contributed by atoms with Gasteiger partial charge >= 0.3 is 0 Å². The molecule has 1 nitrogen and oxygen atoms in total. The summed E-state index contributed by atoms with van der Waals surface area (Å²) in [5.41, 5.74) is 4.09. The number of para-hydroxylation sites is 1. The number of H-pyrrole nitrogens is 1. The number of aryl methyl sites for hydroxylation is 1. The Morgan fingerprint density at radius 1 is 1.05 bits per heavy atom. The molecular formula is C20H22FN. The first kappa shape index (κ1) is 14.8. The monoisotopic (exact) mass is 295 g/mol. The van der Waals surface area contributed by atoms with E-state index in [0.29, 0.717) is 11.4 Å². The van der Waals surface area contributed by atoms with Gasteiger partial charge in [-0.25, -0.2) is 4.39 Å². The van der Waals surface area contributed by atoms with Gasteiger partial charge in [-0.2, -0.15) is 0 Å². The molecular weight excluding hydrogens is 273 g/mol. The van der Waals surface area contributed by atoms with Gasteiger partial charge in [0.25, 0.3) is 0 Å². The summed E-state index contributed by atoms with van der Waals surface area (Å²) < 4.78 is 14.0. The maximum Gasteiger partial charge on any atom is 0.147 e. The highest BCUT2D eigenvalue weighted by Gasteiger charge is 2.34. The molecule has 0 bridgehead atoms. The molecule has 0 spiro atoms. The molecule has 0 fully saturated rings. The zero-order valence-electron chi connectivity index (χ0n) is 13.6. The lowest BCUT2D eigenvalue weighted by atomic mass is 9.68. The van der Waals surface area contributed by atoms with E-state index in [0.717, 1.165) is 10.9 Å². The van der Waals surface area contributed by atoms with Gasteiger partial charge in [0.2, 0.25) is 0 Å². The Kier molecular flexibility index (Phi) is 3.56. The minimum atomic E-state index is -0.196. The number of hydrogen-bond donors (Lipinski definition) is 1. The average molecular weight is 295 g/mol. The SMILES string of the molecule is Cc1ccc(C(C)(c2c[nH]c3c(F)cccc23)C(C)C)cc1. The molecule has 2 heteroatoms. The zero-order chi connectivity index (χ0) is 15.9. The van der Waals surface area contributed by atoms with Crippen LogP contribution in [0.3, 0.4) is 0 Å². The van der Waals surface area contributed by atoms with Crippen molar-refractivity contribution in [3.8, 4) is 0 Å². The summed E-state index contributed by atoms with van der Waals surface area (Å²) in [6.07, 6.45) is 1.97. The molecule has 0 aliphatic heterocycles. The van der Waals surface area contributed by atoms with Crippen molar-refractivity contribution in [3.05, 3.63) is 71.2 Å². The van der Waals surface area contributed by atoms with Crippen molar-refractivity contribution < 1.29 is 4.39 Å². The molecule has 2 aromatic carbocycles. The predicted octanol–water partition coefficient (Wildman–Crippen LogP) is 5.58. The fourth-order valence-corrected chi connectivity index (χ4v) is 3.25. The second-order valence-electron chi connectivity index (χ2n) is 6.59. The van der Waals surface area contributed by atoms with E-state index in [-0.39, 0.29) is 11.2 Å². The van der Waals surface area contributed by atoms with E-state index in [2.05, 4.69) is 56.9 Å². The third kappa shape index (κ3) is 2.14. The van der Waals surface area contributed by atoms with Gasteiger partial charge < -0.3 is 4.98 Å². The molecule has 1 unspecified atom stereocenters. The average Bonchev–Trinajstić information content (AvgIpc) is 2.93. The molecule has 3 aromatic rings. The van der Waals surface area contributed by atoms with Crippen LogP contribution < -0.4 is 0 Å². The summed E-state index contributed by atoms with van der Waals surface area (Å²) in [6, 6.07) is 13.9. The van der Waals surface area contributed by atoms with E-state index in [9.17, 15) is 4.39 Å². The van der Waals surface area contributed by atoms with Crippen LogP contribution in [-0.4, -0.2) is 4.98 Å². The molecule has 0 radical (unpaired) electrons. The lowest BCUT2D eigenvalue weighted by Crippen LogP contribution is -2.29. The lowest BCUT2D eigenvalue weighted by molar-refractivity contribution is 0.408. The van der Waals surface area contributed by atoms with Gasteiger partial charge in [0, 0.05) is 17.0 Å². The largest absolute Gasteiger partial charge is 0.358 e. The standard InChI is InChI=1S/C20H22FN/c1-13(2)20(4,15-10-8-14(3)9-11-15)17-12-22-19-16(17)6-5-7-18(19)21/h5-13,22H,1-4H3. The zero-order valence-corrected chi connectivity index (χ0v) is 13.6. The summed E-state index contributed by atoms with van der Waals surface area (Å²) in [5, 5.41) is 0.969. The van der Waals surface area contributed by atoms with Gasteiger partial charge in [-0.15, -0.1) is 0 Å².